The third kappa shape index (κ3) is 2.75. The molecule has 1 amide bonds. The number of anilines is 1. The molecule has 0 unspecified atom stereocenters. The second-order valence-electron chi connectivity index (χ2n) is 7.40. The summed E-state index contributed by atoms with van der Waals surface area (Å²) in [5.74, 6) is 0.0401. The summed E-state index contributed by atoms with van der Waals surface area (Å²) < 4.78 is 4.66. The first-order valence-corrected chi connectivity index (χ1v) is 11.6. The highest BCUT2D eigenvalue weighted by Crippen LogP contribution is 2.33. The Morgan fingerprint density at radius 3 is 1.93 bits per heavy atom. The quantitative estimate of drug-likeness (QED) is 0.253. The molecule has 1 aliphatic heterocycles. The number of halogens is 2. The SMILES string of the molecule is CC(=O)N1c2cccc3ccc[n+](c23)[B-]1(c1ccc(I)cc1)c1ccc(I)cc1. The first-order chi connectivity index (χ1) is 14.0. The van der Waals surface area contributed by atoms with E-state index in [4.69, 9.17) is 0 Å². The van der Waals surface area contributed by atoms with Crippen molar-refractivity contribution in [3.05, 3.63) is 92.2 Å². The van der Waals surface area contributed by atoms with Crippen LogP contribution in [0.4, 0.5) is 5.69 Å². The van der Waals surface area contributed by atoms with Crippen molar-refractivity contribution in [1.82, 2.24) is 0 Å². The molecule has 6 heteroatoms. The van der Waals surface area contributed by atoms with Crippen LogP contribution in [0.15, 0.2) is 85.1 Å². The maximum Gasteiger partial charge on any atom is 0.437 e. The van der Waals surface area contributed by atoms with E-state index in [-0.39, 0.29) is 5.91 Å². The van der Waals surface area contributed by atoms with Crippen molar-refractivity contribution < 1.29 is 9.27 Å². The number of carbonyl (C=O) groups is 1. The number of rotatable bonds is 2. The molecule has 0 fully saturated rings. The topological polar surface area (TPSA) is 24.2 Å². The minimum atomic E-state index is -1.70. The lowest BCUT2D eigenvalue weighted by atomic mass is 9.36. The molecule has 0 atom stereocenters. The first kappa shape index (κ1) is 19.1. The highest BCUT2D eigenvalue weighted by molar-refractivity contribution is 14.1. The molecule has 5 rings (SSSR count). The number of pyridine rings is 1. The molecule has 142 valence electrons. The minimum Gasteiger partial charge on any atom is -0.412 e. The molecule has 0 saturated heterocycles. The van der Waals surface area contributed by atoms with Crippen LogP contribution in [0.25, 0.3) is 10.9 Å². The van der Waals surface area contributed by atoms with Crippen LogP contribution in [0.1, 0.15) is 6.92 Å². The predicted octanol–water partition coefficient (Wildman–Crippen LogP) is 3.81. The van der Waals surface area contributed by atoms with Crippen LogP contribution in [-0.2, 0) is 4.79 Å². The average molecular weight is 602 g/mol. The summed E-state index contributed by atoms with van der Waals surface area (Å²) >= 11 is 4.65. The molecule has 0 N–H and O–H groups in total. The lowest BCUT2D eigenvalue weighted by Crippen LogP contribution is -2.85. The van der Waals surface area contributed by atoms with E-state index in [9.17, 15) is 4.79 Å². The van der Waals surface area contributed by atoms with Gasteiger partial charge in [0, 0.05) is 19.5 Å². The molecular formula is C23H17BI2N2O. The summed E-state index contributed by atoms with van der Waals surface area (Å²) in [5, 5.41) is 1.14. The van der Waals surface area contributed by atoms with Gasteiger partial charge in [-0.3, -0.25) is 4.79 Å². The maximum atomic E-state index is 13.2. The second kappa shape index (κ2) is 7.09. The zero-order valence-electron chi connectivity index (χ0n) is 15.7. The molecule has 1 aliphatic rings. The van der Waals surface area contributed by atoms with Gasteiger partial charge in [0.05, 0.1) is 5.69 Å². The number of para-hydroxylation sites is 1. The fourth-order valence-corrected chi connectivity index (χ4v) is 5.54. The summed E-state index contributed by atoms with van der Waals surface area (Å²) in [6.07, 6.45) is 0.415. The van der Waals surface area contributed by atoms with Gasteiger partial charge in [0.1, 0.15) is 6.20 Å². The van der Waals surface area contributed by atoms with Gasteiger partial charge in [-0.2, -0.15) is 0 Å². The summed E-state index contributed by atoms with van der Waals surface area (Å²) in [4.78, 5) is 15.2. The number of nitrogens with zero attached hydrogens (tertiary/aromatic N) is 2. The van der Waals surface area contributed by atoms with Gasteiger partial charge in [-0.25, -0.2) is 0 Å². The van der Waals surface area contributed by atoms with Crippen LogP contribution in [0, 0.1) is 7.14 Å². The Balaban J connectivity index is 1.96. The van der Waals surface area contributed by atoms with Gasteiger partial charge >= 0.3 is 6.42 Å². The number of aromatic nitrogens is 1. The van der Waals surface area contributed by atoms with E-state index in [0.29, 0.717) is 0 Å². The molecule has 3 aromatic carbocycles. The standard InChI is InChI=1S/C23H17BI2N2O/c1-16(29)28-22-6-2-4-17-5-3-15-27(23(17)22)24(28,18-7-11-20(25)12-8-18)19-9-13-21(26)14-10-19/h2-15H,1H3. The monoisotopic (exact) mass is 602 g/mol. The summed E-state index contributed by atoms with van der Waals surface area (Å²) in [7, 11) is 0. The second-order valence-corrected chi connectivity index (χ2v) is 9.89. The maximum absolute atomic E-state index is 13.2. The Kier molecular flexibility index (Phi) is 4.66. The third-order valence-electron chi connectivity index (χ3n) is 5.87. The molecule has 0 spiro atoms. The molecule has 0 bridgehead atoms. The zero-order valence-corrected chi connectivity index (χ0v) is 20.0. The molecule has 4 aromatic rings. The van der Waals surface area contributed by atoms with Crippen LogP contribution in [0.5, 0.6) is 0 Å². The van der Waals surface area contributed by atoms with Crippen LogP contribution in [0.3, 0.4) is 0 Å². The lowest BCUT2D eigenvalue weighted by molar-refractivity contribution is -0.508. The van der Waals surface area contributed by atoms with Crippen molar-refractivity contribution >= 4 is 85.0 Å². The number of amides is 1. The van der Waals surface area contributed by atoms with Gasteiger partial charge in [0.25, 0.3) is 0 Å². The van der Waals surface area contributed by atoms with Gasteiger partial charge in [0.15, 0.2) is 11.4 Å². The largest absolute Gasteiger partial charge is 0.437 e. The van der Waals surface area contributed by atoms with Crippen molar-refractivity contribution in [3.8, 4) is 0 Å². The van der Waals surface area contributed by atoms with E-state index in [1.54, 1.807) is 6.92 Å². The molecular weight excluding hydrogens is 585 g/mol. The molecule has 29 heavy (non-hydrogen) atoms. The van der Waals surface area contributed by atoms with E-state index in [1.165, 1.54) is 7.14 Å². The van der Waals surface area contributed by atoms with E-state index in [2.05, 4.69) is 129 Å². The van der Waals surface area contributed by atoms with Crippen LogP contribution in [-0.4, -0.2) is 12.3 Å². The van der Waals surface area contributed by atoms with Crippen LogP contribution >= 0.6 is 45.2 Å². The van der Waals surface area contributed by atoms with E-state index >= 15 is 0 Å². The van der Waals surface area contributed by atoms with Crippen molar-refractivity contribution in [3.63, 3.8) is 0 Å². The molecule has 0 aliphatic carbocycles. The van der Waals surface area contributed by atoms with E-state index < -0.39 is 6.42 Å². The van der Waals surface area contributed by atoms with Crippen molar-refractivity contribution in [2.75, 3.05) is 4.81 Å². The number of carbonyl (C=O) groups excluding carboxylic acids is 1. The summed E-state index contributed by atoms with van der Waals surface area (Å²) in [6, 6.07) is 27.5. The minimum absolute atomic E-state index is 0.0401. The lowest BCUT2D eigenvalue weighted by Gasteiger charge is -2.40. The van der Waals surface area contributed by atoms with E-state index in [0.717, 1.165) is 27.5 Å². The fourth-order valence-electron chi connectivity index (χ4n) is 4.82. The Morgan fingerprint density at radius 2 is 1.38 bits per heavy atom. The summed E-state index contributed by atoms with van der Waals surface area (Å²) in [6.45, 7) is 1.67. The number of hydrogen-bond donors (Lipinski definition) is 0. The van der Waals surface area contributed by atoms with Gasteiger partial charge in [-0.15, -0.1) is 10.9 Å². The zero-order chi connectivity index (χ0) is 20.2. The highest BCUT2D eigenvalue weighted by Gasteiger charge is 2.54. The Bertz CT molecular complexity index is 1210. The Morgan fingerprint density at radius 1 is 0.828 bits per heavy atom. The Hall–Kier alpha value is -1.94. The van der Waals surface area contributed by atoms with E-state index in [1.807, 2.05) is 10.9 Å². The molecule has 2 heterocycles. The van der Waals surface area contributed by atoms with Gasteiger partial charge < -0.3 is 9.29 Å². The molecule has 1 aromatic heterocycles. The molecule has 0 saturated carbocycles. The van der Waals surface area contributed by atoms with Gasteiger partial charge in [0.2, 0.25) is 0 Å². The normalized spacial score (nSPS) is 14.4. The first-order valence-electron chi connectivity index (χ1n) is 9.45. The molecule has 3 nitrogen and oxygen atoms in total. The third-order valence-corrected chi connectivity index (χ3v) is 7.31. The van der Waals surface area contributed by atoms with Crippen LogP contribution in [0.2, 0.25) is 0 Å². The van der Waals surface area contributed by atoms with Gasteiger partial charge in [-0.1, -0.05) is 54.6 Å². The van der Waals surface area contributed by atoms with Crippen molar-refractivity contribution in [2.24, 2.45) is 0 Å². The highest BCUT2D eigenvalue weighted by atomic mass is 127. The Labute approximate surface area is 197 Å². The number of benzene rings is 3. The summed E-state index contributed by atoms with van der Waals surface area (Å²) in [5.41, 5.74) is 4.31. The fraction of sp³-hybridized carbons (Fsp3) is 0.0435. The van der Waals surface area contributed by atoms with Crippen molar-refractivity contribution in [1.29, 1.82) is 0 Å². The smallest absolute Gasteiger partial charge is 0.412 e. The number of hydrogen-bond acceptors (Lipinski definition) is 1. The van der Waals surface area contributed by atoms with Gasteiger partial charge in [-0.05, 0) is 69.4 Å². The predicted molar refractivity (Wildman–Crippen MR) is 136 cm³/mol. The average Bonchev–Trinajstić information content (AvgIpc) is 3.03. The van der Waals surface area contributed by atoms with Crippen molar-refractivity contribution in [2.45, 2.75) is 6.92 Å². The molecule has 0 radical (unpaired) electrons. The van der Waals surface area contributed by atoms with Crippen LogP contribution < -0.4 is 20.2 Å².